The standard InChI is InChI=1S/C9H12FNO/c1-5-4-7(10)6(2)8(11)9(5)12-3/h4H,11H2,1-3H3. The van der Waals surface area contributed by atoms with Gasteiger partial charge in [0.2, 0.25) is 0 Å². The minimum atomic E-state index is -0.286. The van der Waals surface area contributed by atoms with Crippen molar-refractivity contribution in [2.75, 3.05) is 12.8 Å². The smallest absolute Gasteiger partial charge is 0.145 e. The molecule has 0 radical (unpaired) electrons. The minimum absolute atomic E-state index is 0.286. The van der Waals surface area contributed by atoms with Crippen LogP contribution in [-0.2, 0) is 0 Å². The first-order valence-corrected chi connectivity index (χ1v) is 3.67. The first kappa shape index (κ1) is 8.84. The Bertz CT molecular complexity index is 310. The Kier molecular flexibility index (Phi) is 2.22. The largest absolute Gasteiger partial charge is 0.494 e. The normalized spacial score (nSPS) is 10.0. The van der Waals surface area contributed by atoms with E-state index < -0.39 is 0 Å². The molecule has 0 aliphatic rings. The molecule has 0 aliphatic carbocycles. The number of nitrogens with two attached hydrogens (primary N) is 1. The summed E-state index contributed by atoms with van der Waals surface area (Å²) in [5, 5.41) is 0. The van der Waals surface area contributed by atoms with Gasteiger partial charge >= 0.3 is 0 Å². The van der Waals surface area contributed by atoms with Crippen LogP contribution in [0.15, 0.2) is 6.07 Å². The lowest BCUT2D eigenvalue weighted by atomic mass is 10.1. The Morgan fingerprint density at radius 3 is 2.50 bits per heavy atom. The van der Waals surface area contributed by atoms with E-state index in [1.807, 2.05) is 0 Å². The van der Waals surface area contributed by atoms with Gasteiger partial charge in [-0.15, -0.1) is 0 Å². The predicted octanol–water partition coefficient (Wildman–Crippen LogP) is 2.03. The minimum Gasteiger partial charge on any atom is -0.494 e. The van der Waals surface area contributed by atoms with Crippen molar-refractivity contribution in [2.24, 2.45) is 0 Å². The van der Waals surface area contributed by atoms with Gasteiger partial charge in [0.15, 0.2) is 0 Å². The molecule has 0 saturated carbocycles. The molecule has 0 atom stereocenters. The first-order chi connectivity index (χ1) is 5.57. The van der Waals surface area contributed by atoms with Gasteiger partial charge in [0, 0.05) is 5.56 Å². The van der Waals surface area contributed by atoms with Gasteiger partial charge in [-0.05, 0) is 25.5 Å². The molecular formula is C9H12FNO. The molecule has 0 amide bonds. The molecule has 0 saturated heterocycles. The summed E-state index contributed by atoms with van der Waals surface area (Å²) < 4.78 is 18.0. The van der Waals surface area contributed by atoms with Crippen LogP contribution in [0.1, 0.15) is 11.1 Å². The molecule has 0 aromatic heterocycles. The van der Waals surface area contributed by atoms with Gasteiger partial charge in [-0.25, -0.2) is 4.39 Å². The summed E-state index contributed by atoms with van der Waals surface area (Å²) in [5.41, 5.74) is 7.18. The van der Waals surface area contributed by atoms with Crippen molar-refractivity contribution < 1.29 is 9.13 Å². The van der Waals surface area contributed by atoms with E-state index in [0.717, 1.165) is 5.56 Å². The van der Waals surface area contributed by atoms with Crippen LogP contribution in [0, 0.1) is 19.7 Å². The maximum Gasteiger partial charge on any atom is 0.145 e. The fraction of sp³-hybridized carbons (Fsp3) is 0.333. The van der Waals surface area contributed by atoms with Crippen LogP contribution in [0.3, 0.4) is 0 Å². The highest BCUT2D eigenvalue weighted by Crippen LogP contribution is 2.30. The number of benzene rings is 1. The van der Waals surface area contributed by atoms with E-state index in [4.69, 9.17) is 10.5 Å². The fourth-order valence-electron chi connectivity index (χ4n) is 1.15. The van der Waals surface area contributed by atoms with E-state index in [9.17, 15) is 4.39 Å². The van der Waals surface area contributed by atoms with E-state index in [1.54, 1.807) is 13.8 Å². The third-order valence-electron chi connectivity index (χ3n) is 1.91. The molecule has 0 spiro atoms. The van der Waals surface area contributed by atoms with E-state index in [1.165, 1.54) is 13.2 Å². The number of rotatable bonds is 1. The molecule has 1 aromatic carbocycles. The molecular weight excluding hydrogens is 157 g/mol. The summed E-state index contributed by atoms with van der Waals surface area (Å²) in [6.07, 6.45) is 0. The van der Waals surface area contributed by atoms with Crippen LogP contribution in [0.25, 0.3) is 0 Å². The summed E-state index contributed by atoms with van der Waals surface area (Å²) in [5.74, 6) is 0.278. The summed E-state index contributed by atoms with van der Waals surface area (Å²) in [4.78, 5) is 0. The average Bonchev–Trinajstić information content (AvgIpc) is 2.01. The molecule has 0 unspecified atom stereocenters. The molecule has 2 N–H and O–H groups in total. The predicted molar refractivity (Wildman–Crippen MR) is 46.8 cm³/mol. The molecule has 0 bridgehead atoms. The Balaban J connectivity index is 3.40. The summed E-state index contributed by atoms with van der Waals surface area (Å²) in [6, 6.07) is 1.42. The summed E-state index contributed by atoms with van der Waals surface area (Å²) >= 11 is 0. The lowest BCUT2D eigenvalue weighted by Gasteiger charge is -2.10. The number of hydrogen-bond acceptors (Lipinski definition) is 2. The molecule has 0 heterocycles. The second-order valence-corrected chi connectivity index (χ2v) is 2.75. The quantitative estimate of drug-likeness (QED) is 0.653. The van der Waals surface area contributed by atoms with Crippen LogP contribution in [-0.4, -0.2) is 7.11 Å². The third-order valence-corrected chi connectivity index (χ3v) is 1.91. The Hall–Kier alpha value is -1.25. The lowest BCUT2D eigenvalue weighted by molar-refractivity contribution is 0.412. The highest BCUT2D eigenvalue weighted by molar-refractivity contribution is 5.61. The zero-order valence-electron chi connectivity index (χ0n) is 7.44. The molecule has 12 heavy (non-hydrogen) atoms. The second-order valence-electron chi connectivity index (χ2n) is 2.75. The summed E-state index contributed by atoms with van der Waals surface area (Å²) in [7, 11) is 1.52. The highest BCUT2D eigenvalue weighted by Gasteiger charge is 2.10. The fourth-order valence-corrected chi connectivity index (χ4v) is 1.15. The topological polar surface area (TPSA) is 35.2 Å². The van der Waals surface area contributed by atoms with E-state index in [-0.39, 0.29) is 5.82 Å². The zero-order chi connectivity index (χ0) is 9.30. The van der Waals surface area contributed by atoms with Gasteiger partial charge in [0.1, 0.15) is 11.6 Å². The van der Waals surface area contributed by atoms with E-state index >= 15 is 0 Å². The SMILES string of the molecule is COc1c(C)cc(F)c(C)c1N. The van der Waals surface area contributed by atoms with Gasteiger partial charge < -0.3 is 10.5 Å². The number of nitrogen functional groups attached to an aromatic ring is 1. The molecule has 66 valence electrons. The first-order valence-electron chi connectivity index (χ1n) is 3.67. The van der Waals surface area contributed by atoms with Crippen molar-refractivity contribution in [2.45, 2.75) is 13.8 Å². The average molecular weight is 169 g/mol. The van der Waals surface area contributed by atoms with Gasteiger partial charge in [-0.3, -0.25) is 0 Å². The molecule has 1 aromatic rings. The molecule has 3 heteroatoms. The van der Waals surface area contributed by atoms with Crippen LogP contribution in [0.5, 0.6) is 5.75 Å². The Morgan fingerprint density at radius 1 is 1.42 bits per heavy atom. The number of halogens is 1. The maximum atomic E-state index is 13.0. The van der Waals surface area contributed by atoms with Crippen LogP contribution < -0.4 is 10.5 Å². The van der Waals surface area contributed by atoms with Crippen molar-refractivity contribution in [3.8, 4) is 5.75 Å². The van der Waals surface area contributed by atoms with Crippen molar-refractivity contribution in [3.63, 3.8) is 0 Å². The van der Waals surface area contributed by atoms with E-state index in [0.29, 0.717) is 17.0 Å². The molecule has 0 fully saturated rings. The number of aryl methyl sites for hydroxylation is 1. The van der Waals surface area contributed by atoms with Crippen molar-refractivity contribution in [3.05, 3.63) is 23.0 Å². The van der Waals surface area contributed by atoms with Crippen molar-refractivity contribution in [1.82, 2.24) is 0 Å². The molecule has 2 nitrogen and oxygen atoms in total. The van der Waals surface area contributed by atoms with E-state index in [2.05, 4.69) is 0 Å². The van der Waals surface area contributed by atoms with Gasteiger partial charge in [0.05, 0.1) is 12.8 Å². The van der Waals surface area contributed by atoms with Crippen LogP contribution >= 0.6 is 0 Å². The number of hydrogen-bond donors (Lipinski definition) is 1. The number of ether oxygens (including phenoxy) is 1. The number of methoxy groups -OCH3 is 1. The van der Waals surface area contributed by atoms with Crippen molar-refractivity contribution in [1.29, 1.82) is 0 Å². The second kappa shape index (κ2) is 3.01. The van der Waals surface area contributed by atoms with Crippen molar-refractivity contribution >= 4 is 5.69 Å². The van der Waals surface area contributed by atoms with Crippen LogP contribution in [0.2, 0.25) is 0 Å². The van der Waals surface area contributed by atoms with Crippen LogP contribution in [0.4, 0.5) is 10.1 Å². The molecule has 1 rings (SSSR count). The Morgan fingerprint density at radius 2 is 2.00 bits per heavy atom. The third kappa shape index (κ3) is 1.22. The highest BCUT2D eigenvalue weighted by atomic mass is 19.1. The Labute approximate surface area is 71.1 Å². The zero-order valence-corrected chi connectivity index (χ0v) is 7.44. The molecule has 0 aliphatic heterocycles. The van der Waals surface area contributed by atoms with Gasteiger partial charge in [0.25, 0.3) is 0 Å². The lowest BCUT2D eigenvalue weighted by Crippen LogP contribution is -1.99. The maximum absolute atomic E-state index is 13.0. The number of anilines is 1. The summed E-state index contributed by atoms with van der Waals surface area (Å²) in [6.45, 7) is 3.39. The van der Waals surface area contributed by atoms with Gasteiger partial charge in [-0.2, -0.15) is 0 Å². The van der Waals surface area contributed by atoms with Gasteiger partial charge in [-0.1, -0.05) is 0 Å². The monoisotopic (exact) mass is 169 g/mol.